The molecule has 0 fully saturated rings. The lowest BCUT2D eigenvalue weighted by atomic mass is 10.1. The van der Waals surface area contributed by atoms with Gasteiger partial charge in [0, 0.05) is 12.3 Å². The highest BCUT2D eigenvalue weighted by molar-refractivity contribution is 7.90. The number of nitrogens with one attached hydrogen (secondary N) is 1. The molecule has 0 amide bonds. The lowest BCUT2D eigenvalue weighted by Gasteiger charge is -2.12. The zero-order valence-electron chi connectivity index (χ0n) is 10.3. The van der Waals surface area contributed by atoms with E-state index in [1.807, 2.05) is 19.1 Å². The SMILES string of the molecule is CC#CCNC(C)c1ccc(S(C)(=O)=O)cc1. The Kier molecular flexibility index (Phi) is 4.73. The molecule has 0 bridgehead atoms. The molecular weight excluding hydrogens is 234 g/mol. The average molecular weight is 251 g/mol. The smallest absolute Gasteiger partial charge is 0.175 e. The van der Waals surface area contributed by atoms with Crippen molar-refractivity contribution in [1.82, 2.24) is 5.32 Å². The van der Waals surface area contributed by atoms with Crippen molar-refractivity contribution in [2.75, 3.05) is 12.8 Å². The molecule has 0 radical (unpaired) electrons. The zero-order valence-corrected chi connectivity index (χ0v) is 11.1. The molecule has 0 saturated heterocycles. The molecule has 1 N–H and O–H groups in total. The summed E-state index contributed by atoms with van der Waals surface area (Å²) >= 11 is 0. The second-order valence-corrected chi connectivity index (χ2v) is 5.89. The quantitative estimate of drug-likeness (QED) is 0.829. The first-order valence-electron chi connectivity index (χ1n) is 5.38. The molecule has 1 aromatic rings. The molecule has 4 heteroatoms. The Balaban J connectivity index is 2.76. The maximum absolute atomic E-state index is 11.3. The Morgan fingerprint density at radius 3 is 2.35 bits per heavy atom. The summed E-state index contributed by atoms with van der Waals surface area (Å²) in [6.45, 7) is 4.45. The normalized spacial score (nSPS) is 12.6. The predicted octanol–water partition coefficient (Wildman–Crippen LogP) is 1.76. The van der Waals surface area contributed by atoms with Crippen LogP contribution in [0.5, 0.6) is 0 Å². The third-order valence-corrected chi connectivity index (χ3v) is 3.61. The highest BCUT2D eigenvalue weighted by Crippen LogP contribution is 2.15. The van der Waals surface area contributed by atoms with Gasteiger partial charge < -0.3 is 0 Å². The van der Waals surface area contributed by atoms with Crippen molar-refractivity contribution in [2.24, 2.45) is 0 Å². The van der Waals surface area contributed by atoms with Gasteiger partial charge in [0.15, 0.2) is 9.84 Å². The number of hydrogen-bond acceptors (Lipinski definition) is 3. The summed E-state index contributed by atoms with van der Waals surface area (Å²) in [7, 11) is -3.11. The molecule has 0 aliphatic heterocycles. The summed E-state index contributed by atoms with van der Waals surface area (Å²) in [6.07, 6.45) is 1.21. The van der Waals surface area contributed by atoms with E-state index in [-0.39, 0.29) is 6.04 Å². The lowest BCUT2D eigenvalue weighted by molar-refractivity contribution is 0.601. The number of sulfone groups is 1. The number of hydrogen-bond donors (Lipinski definition) is 1. The molecule has 0 heterocycles. The molecule has 0 aliphatic rings. The molecule has 1 atom stereocenters. The van der Waals surface area contributed by atoms with Crippen LogP contribution in [0.15, 0.2) is 29.2 Å². The molecule has 17 heavy (non-hydrogen) atoms. The van der Waals surface area contributed by atoms with Crippen molar-refractivity contribution in [1.29, 1.82) is 0 Å². The second kappa shape index (κ2) is 5.85. The van der Waals surface area contributed by atoms with Crippen molar-refractivity contribution in [3.05, 3.63) is 29.8 Å². The highest BCUT2D eigenvalue weighted by Gasteiger charge is 2.08. The summed E-state index contributed by atoms with van der Waals surface area (Å²) in [5.41, 5.74) is 1.05. The molecule has 1 rings (SSSR count). The van der Waals surface area contributed by atoms with Crippen molar-refractivity contribution < 1.29 is 8.42 Å². The third-order valence-electron chi connectivity index (χ3n) is 2.48. The van der Waals surface area contributed by atoms with Crippen LogP contribution in [-0.4, -0.2) is 21.2 Å². The number of rotatable bonds is 4. The van der Waals surface area contributed by atoms with E-state index in [9.17, 15) is 8.42 Å². The van der Waals surface area contributed by atoms with Crippen LogP contribution in [0.1, 0.15) is 25.5 Å². The molecule has 1 unspecified atom stereocenters. The summed E-state index contributed by atoms with van der Waals surface area (Å²) in [4.78, 5) is 0.349. The van der Waals surface area contributed by atoms with Crippen LogP contribution in [0.3, 0.4) is 0 Å². The summed E-state index contributed by atoms with van der Waals surface area (Å²) in [5.74, 6) is 5.74. The van der Waals surface area contributed by atoms with E-state index < -0.39 is 9.84 Å². The largest absolute Gasteiger partial charge is 0.300 e. The van der Waals surface area contributed by atoms with E-state index in [4.69, 9.17) is 0 Å². The van der Waals surface area contributed by atoms with Gasteiger partial charge in [-0.2, -0.15) is 0 Å². The first-order valence-corrected chi connectivity index (χ1v) is 7.27. The molecule has 3 nitrogen and oxygen atoms in total. The van der Waals surface area contributed by atoms with Gasteiger partial charge in [0.1, 0.15) is 0 Å². The van der Waals surface area contributed by atoms with Crippen LogP contribution < -0.4 is 5.32 Å². The van der Waals surface area contributed by atoms with Crippen molar-refractivity contribution >= 4 is 9.84 Å². The van der Waals surface area contributed by atoms with E-state index in [0.717, 1.165) is 5.56 Å². The minimum atomic E-state index is -3.11. The van der Waals surface area contributed by atoms with Gasteiger partial charge in [-0.1, -0.05) is 18.1 Å². The van der Waals surface area contributed by atoms with Crippen LogP contribution in [0, 0.1) is 11.8 Å². The summed E-state index contributed by atoms with van der Waals surface area (Å²) in [6, 6.07) is 7.08. The first kappa shape index (κ1) is 13.8. The molecule has 0 aromatic heterocycles. The average Bonchev–Trinajstić information content (AvgIpc) is 2.28. The Bertz CT molecular complexity index is 521. The standard InChI is InChI=1S/C13H17NO2S/c1-4-5-10-14-11(2)12-6-8-13(9-7-12)17(3,15)16/h6-9,11,14H,10H2,1-3H3. The predicted molar refractivity (Wildman–Crippen MR) is 69.4 cm³/mol. The fraction of sp³-hybridized carbons (Fsp3) is 0.385. The maximum atomic E-state index is 11.3. The van der Waals surface area contributed by atoms with Gasteiger partial charge in [0.05, 0.1) is 11.4 Å². The van der Waals surface area contributed by atoms with Gasteiger partial charge in [-0.15, -0.1) is 5.92 Å². The first-order chi connectivity index (χ1) is 7.95. The van der Waals surface area contributed by atoms with Crippen LogP contribution in [-0.2, 0) is 9.84 Å². The van der Waals surface area contributed by atoms with Crippen molar-refractivity contribution in [2.45, 2.75) is 24.8 Å². The summed E-state index contributed by atoms with van der Waals surface area (Å²) < 4.78 is 22.6. The topological polar surface area (TPSA) is 46.2 Å². The Labute approximate surface area is 103 Å². The molecule has 1 aromatic carbocycles. The molecule has 0 aliphatic carbocycles. The van der Waals surface area contributed by atoms with Crippen LogP contribution >= 0.6 is 0 Å². The molecule has 0 saturated carbocycles. The van der Waals surface area contributed by atoms with Crippen LogP contribution in [0.4, 0.5) is 0 Å². The van der Waals surface area contributed by atoms with Crippen molar-refractivity contribution in [3.63, 3.8) is 0 Å². The van der Waals surface area contributed by atoms with Crippen LogP contribution in [0.2, 0.25) is 0 Å². The van der Waals surface area contributed by atoms with Gasteiger partial charge in [-0.3, -0.25) is 5.32 Å². The van der Waals surface area contributed by atoms with Gasteiger partial charge in [-0.25, -0.2) is 8.42 Å². The zero-order chi connectivity index (χ0) is 12.9. The van der Waals surface area contributed by atoms with E-state index in [0.29, 0.717) is 11.4 Å². The third kappa shape index (κ3) is 4.22. The van der Waals surface area contributed by atoms with Gasteiger partial charge in [0.2, 0.25) is 0 Å². The Hall–Kier alpha value is -1.31. The fourth-order valence-electron chi connectivity index (χ4n) is 1.41. The fourth-order valence-corrected chi connectivity index (χ4v) is 2.04. The van der Waals surface area contributed by atoms with E-state index in [1.54, 1.807) is 19.1 Å². The molecule has 0 spiro atoms. The number of benzene rings is 1. The monoisotopic (exact) mass is 251 g/mol. The maximum Gasteiger partial charge on any atom is 0.175 e. The summed E-state index contributed by atoms with van der Waals surface area (Å²) in [5, 5.41) is 3.23. The molecule has 92 valence electrons. The Morgan fingerprint density at radius 1 is 1.29 bits per heavy atom. The van der Waals surface area contributed by atoms with Crippen LogP contribution in [0.25, 0.3) is 0 Å². The Morgan fingerprint density at radius 2 is 1.88 bits per heavy atom. The minimum absolute atomic E-state index is 0.157. The lowest BCUT2D eigenvalue weighted by Crippen LogP contribution is -2.18. The van der Waals surface area contributed by atoms with Gasteiger partial charge in [0.25, 0.3) is 0 Å². The van der Waals surface area contributed by atoms with E-state index >= 15 is 0 Å². The van der Waals surface area contributed by atoms with E-state index in [1.165, 1.54) is 6.26 Å². The molecular formula is C13H17NO2S. The van der Waals surface area contributed by atoms with Crippen molar-refractivity contribution in [3.8, 4) is 11.8 Å². The second-order valence-electron chi connectivity index (χ2n) is 3.87. The minimum Gasteiger partial charge on any atom is -0.300 e. The van der Waals surface area contributed by atoms with E-state index in [2.05, 4.69) is 17.2 Å². The van der Waals surface area contributed by atoms with Gasteiger partial charge in [-0.05, 0) is 31.5 Å². The highest BCUT2D eigenvalue weighted by atomic mass is 32.2. The van der Waals surface area contributed by atoms with Gasteiger partial charge >= 0.3 is 0 Å².